The number of ether oxygens (including phenoxy) is 3. The molecule has 1 heterocycles. The van der Waals surface area contributed by atoms with Crippen LogP contribution in [0.3, 0.4) is 0 Å². The minimum atomic E-state index is -0.431. The van der Waals surface area contributed by atoms with E-state index < -0.39 is 5.97 Å². The molecule has 1 aromatic heterocycles. The Kier molecular flexibility index (Phi) is 5.06. The van der Waals surface area contributed by atoms with E-state index in [0.717, 1.165) is 5.56 Å². The summed E-state index contributed by atoms with van der Waals surface area (Å²) < 4.78 is 21.8. The SMILES string of the molecule is COc1c(OCc2ccc(Cl)cc2Cl)ccc2c(OC(C)=O)coc12. The molecular formula is C18H14Cl2O5. The first kappa shape index (κ1) is 17.5. The maximum Gasteiger partial charge on any atom is 0.308 e. The Morgan fingerprint density at radius 1 is 1.16 bits per heavy atom. The molecule has 0 aliphatic heterocycles. The molecule has 5 nitrogen and oxygen atoms in total. The molecule has 0 aliphatic rings. The van der Waals surface area contributed by atoms with Crippen LogP contribution in [0.5, 0.6) is 17.2 Å². The van der Waals surface area contributed by atoms with Crippen molar-refractivity contribution in [2.24, 2.45) is 0 Å². The van der Waals surface area contributed by atoms with Gasteiger partial charge < -0.3 is 18.6 Å². The number of furan rings is 1. The zero-order valence-corrected chi connectivity index (χ0v) is 15.0. The van der Waals surface area contributed by atoms with Crippen molar-refractivity contribution in [2.75, 3.05) is 7.11 Å². The summed E-state index contributed by atoms with van der Waals surface area (Å²) in [5, 5.41) is 1.69. The van der Waals surface area contributed by atoms with Crippen LogP contribution in [-0.4, -0.2) is 13.1 Å². The molecule has 0 aliphatic carbocycles. The molecular weight excluding hydrogens is 367 g/mol. The normalized spacial score (nSPS) is 10.7. The quantitative estimate of drug-likeness (QED) is 0.565. The molecule has 0 saturated heterocycles. The van der Waals surface area contributed by atoms with E-state index in [9.17, 15) is 4.79 Å². The van der Waals surface area contributed by atoms with Gasteiger partial charge in [0, 0.05) is 22.5 Å². The lowest BCUT2D eigenvalue weighted by Gasteiger charge is -2.12. The summed E-state index contributed by atoms with van der Waals surface area (Å²) in [7, 11) is 1.50. The fourth-order valence-electron chi connectivity index (χ4n) is 2.37. The van der Waals surface area contributed by atoms with Crippen LogP contribution >= 0.6 is 23.2 Å². The van der Waals surface area contributed by atoms with E-state index in [1.165, 1.54) is 20.3 Å². The topological polar surface area (TPSA) is 57.9 Å². The van der Waals surface area contributed by atoms with Gasteiger partial charge in [-0.1, -0.05) is 29.3 Å². The van der Waals surface area contributed by atoms with Gasteiger partial charge in [0.15, 0.2) is 17.1 Å². The Morgan fingerprint density at radius 3 is 2.64 bits per heavy atom. The molecule has 25 heavy (non-hydrogen) atoms. The van der Waals surface area contributed by atoms with Crippen molar-refractivity contribution >= 4 is 40.1 Å². The number of hydrogen-bond acceptors (Lipinski definition) is 5. The standard InChI is InChI=1S/C18H14Cl2O5/c1-10(21)25-16-9-24-17-13(16)5-6-15(18(17)22-2)23-8-11-3-4-12(19)7-14(11)20/h3-7,9H,8H2,1-2H3. The Morgan fingerprint density at radius 2 is 1.96 bits per heavy atom. The van der Waals surface area contributed by atoms with Gasteiger partial charge in [0.05, 0.1) is 12.5 Å². The minimum Gasteiger partial charge on any atom is -0.490 e. The smallest absolute Gasteiger partial charge is 0.308 e. The van der Waals surface area contributed by atoms with E-state index in [2.05, 4.69) is 0 Å². The summed E-state index contributed by atoms with van der Waals surface area (Å²) in [5.74, 6) is 0.776. The second-order valence-electron chi connectivity index (χ2n) is 5.19. The number of fused-ring (bicyclic) bond motifs is 1. The molecule has 2 aromatic carbocycles. The third-order valence-electron chi connectivity index (χ3n) is 3.48. The molecule has 0 radical (unpaired) electrons. The molecule has 0 saturated carbocycles. The largest absolute Gasteiger partial charge is 0.490 e. The average molecular weight is 381 g/mol. The fraction of sp³-hybridized carbons (Fsp3) is 0.167. The van der Waals surface area contributed by atoms with Gasteiger partial charge in [0.25, 0.3) is 0 Å². The maximum absolute atomic E-state index is 11.1. The first-order chi connectivity index (χ1) is 12.0. The lowest BCUT2D eigenvalue weighted by Crippen LogP contribution is -2.01. The molecule has 0 spiro atoms. The zero-order valence-electron chi connectivity index (χ0n) is 13.5. The average Bonchev–Trinajstić information content (AvgIpc) is 2.96. The Hall–Kier alpha value is -2.37. The van der Waals surface area contributed by atoms with E-state index in [4.69, 9.17) is 41.8 Å². The van der Waals surface area contributed by atoms with Crippen molar-refractivity contribution < 1.29 is 23.4 Å². The maximum atomic E-state index is 11.1. The third kappa shape index (κ3) is 3.67. The van der Waals surface area contributed by atoms with Gasteiger partial charge in [-0.2, -0.15) is 0 Å². The Balaban J connectivity index is 1.90. The second-order valence-corrected chi connectivity index (χ2v) is 6.04. The van der Waals surface area contributed by atoms with Gasteiger partial charge in [0.1, 0.15) is 12.9 Å². The molecule has 0 N–H and O–H groups in total. The minimum absolute atomic E-state index is 0.232. The van der Waals surface area contributed by atoms with Crippen LogP contribution in [0.4, 0.5) is 0 Å². The van der Waals surface area contributed by atoms with Gasteiger partial charge in [-0.05, 0) is 24.3 Å². The zero-order chi connectivity index (χ0) is 18.0. The molecule has 0 bridgehead atoms. The number of rotatable bonds is 5. The third-order valence-corrected chi connectivity index (χ3v) is 4.07. The monoisotopic (exact) mass is 380 g/mol. The van der Waals surface area contributed by atoms with E-state index >= 15 is 0 Å². The van der Waals surface area contributed by atoms with Crippen LogP contribution < -0.4 is 14.2 Å². The van der Waals surface area contributed by atoms with Gasteiger partial charge in [0.2, 0.25) is 5.75 Å². The summed E-state index contributed by atoms with van der Waals surface area (Å²) in [4.78, 5) is 11.1. The summed E-state index contributed by atoms with van der Waals surface area (Å²) >= 11 is 12.0. The number of carbonyl (C=O) groups excluding carboxylic acids is 1. The second kappa shape index (κ2) is 7.25. The van der Waals surface area contributed by atoms with Crippen LogP contribution in [0, 0.1) is 0 Å². The van der Waals surface area contributed by atoms with Gasteiger partial charge >= 0.3 is 5.97 Å². The summed E-state index contributed by atoms with van der Waals surface area (Å²) in [5.41, 5.74) is 1.21. The number of benzene rings is 2. The van der Waals surface area contributed by atoms with Crippen molar-refractivity contribution in [1.82, 2.24) is 0 Å². The number of methoxy groups -OCH3 is 1. The van der Waals surface area contributed by atoms with Crippen molar-refractivity contribution in [3.63, 3.8) is 0 Å². The highest BCUT2D eigenvalue weighted by atomic mass is 35.5. The predicted octanol–water partition coefficient (Wildman–Crippen LogP) is 5.25. The number of carbonyl (C=O) groups is 1. The predicted molar refractivity (Wildman–Crippen MR) is 94.9 cm³/mol. The van der Waals surface area contributed by atoms with E-state index in [0.29, 0.717) is 38.3 Å². The number of hydrogen-bond donors (Lipinski definition) is 0. The summed E-state index contributed by atoms with van der Waals surface area (Å²) in [6.45, 7) is 1.55. The summed E-state index contributed by atoms with van der Waals surface area (Å²) in [6, 6.07) is 8.64. The van der Waals surface area contributed by atoms with Crippen LogP contribution in [0.25, 0.3) is 11.0 Å². The highest BCUT2D eigenvalue weighted by Crippen LogP contribution is 2.41. The Bertz CT molecular complexity index is 933. The van der Waals surface area contributed by atoms with E-state index in [-0.39, 0.29) is 6.61 Å². The highest BCUT2D eigenvalue weighted by Gasteiger charge is 2.18. The summed E-state index contributed by atoms with van der Waals surface area (Å²) in [6.07, 6.45) is 1.36. The number of esters is 1. The molecule has 0 atom stereocenters. The van der Waals surface area contributed by atoms with Gasteiger partial charge in [-0.3, -0.25) is 4.79 Å². The van der Waals surface area contributed by atoms with Crippen LogP contribution in [0.2, 0.25) is 10.0 Å². The van der Waals surface area contributed by atoms with E-state index in [1.54, 1.807) is 30.3 Å². The molecule has 7 heteroatoms. The molecule has 130 valence electrons. The molecule has 3 rings (SSSR count). The van der Waals surface area contributed by atoms with Crippen LogP contribution in [-0.2, 0) is 11.4 Å². The Labute approximate surface area is 154 Å². The van der Waals surface area contributed by atoms with Crippen molar-refractivity contribution in [3.05, 3.63) is 52.2 Å². The molecule has 0 amide bonds. The van der Waals surface area contributed by atoms with Crippen molar-refractivity contribution in [3.8, 4) is 17.2 Å². The van der Waals surface area contributed by atoms with E-state index in [1.807, 2.05) is 0 Å². The highest BCUT2D eigenvalue weighted by molar-refractivity contribution is 6.35. The molecule has 0 unspecified atom stereocenters. The van der Waals surface area contributed by atoms with Crippen LogP contribution in [0.15, 0.2) is 41.0 Å². The van der Waals surface area contributed by atoms with Crippen molar-refractivity contribution in [2.45, 2.75) is 13.5 Å². The first-order valence-electron chi connectivity index (χ1n) is 7.33. The van der Waals surface area contributed by atoms with Crippen molar-refractivity contribution in [1.29, 1.82) is 0 Å². The first-order valence-corrected chi connectivity index (χ1v) is 8.08. The number of halogens is 2. The molecule has 0 fully saturated rings. The lowest BCUT2D eigenvalue weighted by atomic mass is 10.2. The van der Waals surface area contributed by atoms with Gasteiger partial charge in [-0.25, -0.2) is 0 Å². The van der Waals surface area contributed by atoms with Gasteiger partial charge in [-0.15, -0.1) is 0 Å². The molecule has 3 aromatic rings. The lowest BCUT2D eigenvalue weighted by molar-refractivity contribution is -0.131. The van der Waals surface area contributed by atoms with Crippen LogP contribution in [0.1, 0.15) is 12.5 Å². The fourth-order valence-corrected chi connectivity index (χ4v) is 2.83.